The molecule has 0 radical (unpaired) electrons. The van der Waals surface area contributed by atoms with Crippen molar-refractivity contribution in [3.05, 3.63) is 72.1 Å². The number of aromatic nitrogens is 2. The minimum atomic E-state index is -0.640. The van der Waals surface area contributed by atoms with E-state index in [1.165, 1.54) is 0 Å². The lowest BCUT2D eigenvalue weighted by atomic mass is 9.95. The fraction of sp³-hybridized carbons (Fsp3) is 0.472. The fourth-order valence-electron chi connectivity index (χ4n) is 6.29. The highest BCUT2D eigenvalue weighted by Gasteiger charge is 2.31. The number of benzene rings is 3. The van der Waals surface area contributed by atoms with Crippen LogP contribution in [0.3, 0.4) is 0 Å². The van der Waals surface area contributed by atoms with E-state index < -0.39 is 17.7 Å². The second kappa shape index (κ2) is 14.3. The Hall–Kier alpha value is -4.11. The Morgan fingerprint density at radius 2 is 1.84 bits per heavy atom. The summed E-state index contributed by atoms with van der Waals surface area (Å²) >= 11 is 0. The van der Waals surface area contributed by atoms with Gasteiger partial charge in [0.15, 0.2) is 0 Å². The Morgan fingerprint density at radius 1 is 1.04 bits per heavy atom. The molecule has 5 rings (SSSR count). The Morgan fingerprint density at radius 3 is 2.60 bits per heavy atom. The van der Waals surface area contributed by atoms with E-state index in [2.05, 4.69) is 40.2 Å². The van der Waals surface area contributed by atoms with Gasteiger partial charge in [0.1, 0.15) is 22.7 Å². The molecule has 2 unspecified atom stereocenters. The van der Waals surface area contributed by atoms with E-state index in [1.54, 1.807) is 14.2 Å². The van der Waals surface area contributed by atoms with Crippen LogP contribution in [0.25, 0.3) is 21.8 Å². The summed E-state index contributed by atoms with van der Waals surface area (Å²) in [4.78, 5) is 33.8. The highest BCUT2D eigenvalue weighted by Crippen LogP contribution is 2.33. The predicted octanol–water partition coefficient (Wildman–Crippen LogP) is 6.47. The zero-order valence-electron chi connectivity index (χ0n) is 27.2. The summed E-state index contributed by atoms with van der Waals surface area (Å²) in [7, 11) is 3.39. The number of nitrogens with one attached hydrogen (secondary N) is 1. The van der Waals surface area contributed by atoms with Crippen molar-refractivity contribution >= 4 is 33.8 Å². The number of likely N-dealkylation sites (tertiary alicyclic amines) is 1. The van der Waals surface area contributed by atoms with Crippen LogP contribution in [0.5, 0.6) is 5.75 Å². The number of nitrogens with zero attached hydrogens (tertiary/aromatic N) is 3. The van der Waals surface area contributed by atoms with Crippen LogP contribution >= 0.6 is 0 Å². The molecule has 1 aromatic heterocycles. The second-order valence-electron chi connectivity index (χ2n) is 12.9. The van der Waals surface area contributed by atoms with Gasteiger partial charge < -0.3 is 29.0 Å². The summed E-state index contributed by atoms with van der Waals surface area (Å²) in [6.07, 6.45) is 2.84. The highest BCUT2D eigenvalue weighted by molar-refractivity contribution is 5.84. The number of ether oxygens (including phenoxy) is 3. The van der Waals surface area contributed by atoms with Crippen LogP contribution in [0.1, 0.15) is 63.8 Å². The van der Waals surface area contributed by atoms with E-state index in [1.807, 2.05) is 56.0 Å². The third-order valence-electron chi connectivity index (χ3n) is 8.29. The number of hydrogen-bond donors (Lipinski definition) is 1. The number of carbonyl (C=O) groups is 2. The average molecular weight is 615 g/mol. The number of alkyl carbamates (subject to hydrolysis) is 1. The lowest BCUT2D eigenvalue weighted by Gasteiger charge is -2.34. The normalized spacial score (nSPS) is 16.1. The molecule has 9 heteroatoms. The Balaban J connectivity index is 1.35. The first-order valence-electron chi connectivity index (χ1n) is 15.9. The van der Waals surface area contributed by atoms with Crippen molar-refractivity contribution in [2.75, 3.05) is 33.9 Å². The van der Waals surface area contributed by atoms with Crippen molar-refractivity contribution in [3.63, 3.8) is 0 Å². The van der Waals surface area contributed by atoms with Gasteiger partial charge in [-0.3, -0.25) is 4.79 Å². The molecule has 4 aromatic rings. The molecule has 45 heavy (non-hydrogen) atoms. The number of piperidine rings is 1. The number of amides is 2. The molecule has 3 aromatic carbocycles. The lowest BCUT2D eigenvalue weighted by Crippen LogP contribution is -2.46. The van der Waals surface area contributed by atoms with Crippen molar-refractivity contribution in [1.82, 2.24) is 19.8 Å². The second-order valence-corrected chi connectivity index (χ2v) is 12.9. The minimum absolute atomic E-state index is 0.0150. The molecule has 2 heterocycles. The van der Waals surface area contributed by atoms with Gasteiger partial charge in [0.2, 0.25) is 5.91 Å². The van der Waals surface area contributed by atoms with Crippen molar-refractivity contribution in [2.45, 2.75) is 77.0 Å². The average Bonchev–Trinajstić information content (AvgIpc) is 3.39. The van der Waals surface area contributed by atoms with Crippen LogP contribution in [0, 0.1) is 0 Å². The van der Waals surface area contributed by atoms with Crippen molar-refractivity contribution in [1.29, 1.82) is 0 Å². The van der Waals surface area contributed by atoms with E-state index in [4.69, 9.17) is 19.2 Å². The molecule has 0 bridgehead atoms. The third-order valence-corrected chi connectivity index (χ3v) is 8.29. The van der Waals surface area contributed by atoms with E-state index in [0.29, 0.717) is 26.1 Å². The first-order chi connectivity index (χ1) is 21.6. The molecule has 1 saturated heterocycles. The molecule has 0 aliphatic carbocycles. The molecule has 1 aliphatic heterocycles. The Labute approximate surface area is 265 Å². The number of carbonyl (C=O) groups excluding carboxylic acids is 2. The van der Waals surface area contributed by atoms with Crippen molar-refractivity contribution < 1.29 is 23.8 Å². The number of rotatable bonds is 11. The number of aryl methyl sites for hydroxylation is 1. The highest BCUT2D eigenvalue weighted by atomic mass is 16.6. The molecule has 9 nitrogen and oxygen atoms in total. The largest absolute Gasteiger partial charge is 0.494 e. The molecule has 2 atom stereocenters. The number of para-hydroxylation sites is 1. The maximum Gasteiger partial charge on any atom is 0.407 e. The Kier molecular flexibility index (Phi) is 10.3. The molecule has 240 valence electrons. The molecular weight excluding hydrogens is 568 g/mol. The maximum atomic E-state index is 13.9. The summed E-state index contributed by atoms with van der Waals surface area (Å²) in [5, 5.41) is 5.28. The summed E-state index contributed by atoms with van der Waals surface area (Å²) in [5.41, 5.74) is 2.28. The van der Waals surface area contributed by atoms with Gasteiger partial charge in [0.25, 0.3) is 0 Å². The molecule has 1 aliphatic rings. The molecule has 2 amide bonds. The van der Waals surface area contributed by atoms with Crippen LogP contribution in [0.15, 0.2) is 60.7 Å². The predicted molar refractivity (Wildman–Crippen MR) is 177 cm³/mol. The smallest absolute Gasteiger partial charge is 0.407 e. The summed E-state index contributed by atoms with van der Waals surface area (Å²) < 4.78 is 18.9. The SMILES string of the molecule is COCCCn1c(C2CCCN(C(=O)CC(Cc3ccc4ccccc4c3)NC(=O)OC(C)(C)C)C2)nc2cccc(OC)c21. The Bertz CT molecular complexity index is 1630. The topological polar surface area (TPSA) is 94.9 Å². The molecular formula is C36H46N4O5. The number of hydrogen-bond acceptors (Lipinski definition) is 6. The van der Waals surface area contributed by atoms with Crippen LogP contribution in [0.4, 0.5) is 4.79 Å². The number of methoxy groups -OCH3 is 2. The van der Waals surface area contributed by atoms with Crippen molar-refractivity contribution in [3.8, 4) is 5.75 Å². The monoisotopic (exact) mass is 614 g/mol. The van der Waals surface area contributed by atoms with Crippen molar-refractivity contribution in [2.24, 2.45) is 0 Å². The van der Waals surface area contributed by atoms with E-state index in [-0.39, 0.29) is 18.2 Å². The standard InChI is InChI=1S/C36H46N4O5/c1-36(2,3)45-35(42)37-29(22-25-16-17-26-11-6-7-12-27(26)21-25)23-32(41)39-18-9-13-28(24-39)34-38-30-14-8-15-31(44-5)33(30)40(34)19-10-20-43-4/h6-8,11-12,14-17,21,28-29H,9-10,13,18-20,22-24H2,1-5H3,(H,37,42). The van der Waals surface area contributed by atoms with Gasteiger partial charge in [-0.25, -0.2) is 9.78 Å². The van der Waals surface area contributed by atoms with Crippen LogP contribution in [-0.2, 0) is 27.2 Å². The van der Waals surface area contributed by atoms with Gasteiger partial charge in [-0.2, -0.15) is 0 Å². The molecule has 1 N–H and O–H groups in total. The quantitative estimate of drug-likeness (QED) is 0.195. The van der Waals surface area contributed by atoms with Gasteiger partial charge in [0, 0.05) is 51.7 Å². The van der Waals surface area contributed by atoms with E-state index >= 15 is 0 Å². The summed E-state index contributed by atoms with van der Waals surface area (Å²) in [6, 6.07) is 20.0. The first kappa shape index (κ1) is 32.3. The van der Waals surface area contributed by atoms with Crippen LogP contribution < -0.4 is 10.1 Å². The minimum Gasteiger partial charge on any atom is -0.494 e. The first-order valence-corrected chi connectivity index (χ1v) is 15.9. The zero-order valence-corrected chi connectivity index (χ0v) is 27.2. The van der Waals surface area contributed by atoms with Gasteiger partial charge in [0.05, 0.1) is 12.6 Å². The van der Waals surface area contributed by atoms with Gasteiger partial charge in [-0.15, -0.1) is 0 Å². The number of imidazole rings is 1. The summed E-state index contributed by atoms with van der Waals surface area (Å²) in [6.45, 7) is 8.15. The van der Waals surface area contributed by atoms with Gasteiger partial charge >= 0.3 is 6.09 Å². The number of fused-ring (bicyclic) bond motifs is 2. The fourth-order valence-corrected chi connectivity index (χ4v) is 6.29. The summed E-state index contributed by atoms with van der Waals surface area (Å²) in [5.74, 6) is 1.86. The van der Waals surface area contributed by atoms with Crippen LogP contribution in [-0.4, -0.2) is 72.0 Å². The van der Waals surface area contributed by atoms with E-state index in [9.17, 15) is 9.59 Å². The lowest BCUT2D eigenvalue weighted by molar-refractivity contribution is -0.132. The molecule has 0 saturated carbocycles. The van der Waals surface area contributed by atoms with Gasteiger partial charge in [-0.05, 0) is 74.9 Å². The zero-order chi connectivity index (χ0) is 32.0. The molecule has 1 fully saturated rings. The maximum absolute atomic E-state index is 13.9. The van der Waals surface area contributed by atoms with Crippen LogP contribution in [0.2, 0.25) is 0 Å². The molecule has 0 spiro atoms. The third kappa shape index (κ3) is 8.14. The van der Waals surface area contributed by atoms with E-state index in [0.717, 1.165) is 64.8 Å². The van der Waals surface area contributed by atoms with Gasteiger partial charge in [-0.1, -0.05) is 48.5 Å².